The Morgan fingerprint density at radius 3 is 2.04 bits per heavy atom. The van der Waals surface area contributed by atoms with Crippen LogP contribution in [0.1, 0.15) is 63.0 Å². The molecule has 0 aromatic heterocycles. The SMILES string of the molecule is CCCCCCCCCc1cc(C)ccc1Oc1ccccc1.O=P(O)(O)O. The van der Waals surface area contributed by atoms with Gasteiger partial charge in [-0.3, -0.25) is 0 Å². The second kappa shape index (κ2) is 13.5. The van der Waals surface area contributed by atoms with Crippen molar-refractivity contribution in [3.8, 4) is 11.5 Å². The largest absolute Gasteiger partial charge is 0.466 e. The maximum Gasteiger partial charge on any atom is 0.466 e. The summed E-state index contributed by atoms with van der Waals surface area (Å²) in [6.45, 7) is 4.42. The standard InChI is InChI=1S/C22H30O.H3O4P/c1-3-4-5-6-7-8-10-13-20-18-19(2)16-17-22(20)23-21-14-11-9-12-15-21;1-5(2,3)4/h9,11-12,14-18H,3-8,10,13H2,1-2H3;(H3,1,2,3,4). The van der Waals surface area contributed by atoms with Crippen LogP contribution in [0.3, 0.4) is 0 Å². The number of aryl methyl sites for hydroxylation is 2. The van der Waals surface area contributed by atoms with E-state index in [-0.39, 0.29) is 0 Å². The van der Waals surface area contributed by atoms with Crippen LogP contribution in [0.2, 0.25) is 0 Å². The van der Waals surface area contributed by atoms with Gasteiger partial charge in [-0.05, 0) is 43.5 Å². The zero-order valence-electron chi connectivity index (χ0n) is 16.9. The normalized spacial score (nSPS) is 10.9. The minimum Gasteiger partial charge on any atom is -0.457 e. The van der Waals surface area contributed by atoms with E-state index in [4.69, 9.17) is 24.0 Å². The summed E-state index contributed by atoms with van der Waals surface area (Å²) >= 11 is 0. The van der Waals surface area contributed by atoms with Crippen molar-refractivity contribution in [2.75, 3.05) is 0 Å². The van der Waals surface area contributed by atoms with E-state index in [2.05, 4.69) is 32.0 Å². The molecule has 0 saturated heterocycles. The number of rotatable bonds is 10. The lowest BCUT2D eigenvalue weighted by Crippen LogP contribution is -1.94. The van der Waals surface area contributed by atoms with Gasteiger partial charge in [0.05, 0.1) is 0 Å². The summed E-state index contributed by atoms with van der Waals surface area (Å²) < 4.78 is 15.0. The van der Waals surface area contributed by atoms with Gasteiger partial charge in [0.25, 0.3) is 0 Å². The second-order valence-electron chi connectivity index (χ2n) is 6.91. The fourth-order valence-corrected chi connectivity index (χ4v) is 2.89. The summed E-state index contributed by atoms with van der Waals surface area (Å²) in [5, 5.41) is 0. The molecule has 0 amide bonds. The molecule has 0 unspecified atom stereocenters. The van der Waals surface area contributed by atoms with Crippen LogP contribution in [0.4, 0.5) is 0 Å². The average Bonchev–Trinajstić information content (AvgIpc) is 2.62. The first-order valence-corrected chi connectivity index (χ1v) is 11.5. The summed E-state index contributed by atoms with van der Waals surface area (Å²) in [5.74, 6) is 1.92. The van der Waals surface area contributed by atoms with Crippen LogP contribution >= 0.6 is 7.82 Å². The zero-order valence-corrected chi connectivity index (χ0v) is 17.8. The van der Waals surface area contributed by atoms with Gasteiger partial charge in [-0.25, -0.2) is 4.57 Å². The van der Waals surface area contributed by atoms with Gasteiger partial charge in [0.15, 0.2) is 0 Å². The molecule has 0 bridgehead atoms. The summed E-state index contributed by atoms with van der Waals surface area (Å²) in [5.41, 5.74) is 2.64. The van der Waals surface area contributed by atoms with E-state index in [1.54, 1.807) is 0 Å². The number of phosphoric acid groups is 1. The van der Waals surface area contributed by atoms with Gasteiger partial charge in [-0.1, -0.05) is 81.3 Å². The lowest BCUT2D eigenvalue weighted by atomic mass is 10.0. The van der Waals surface area contributed by atoms with Gasteiger partial charge >= 0.3 is 7.82 Å². The molecule has 0 fully saturated rings. The van der Waals surface area contributed by atoms with Crippen LogP contribution in [-0.2, 0) is 11.0 Å². The highest BCUT2D eigenvalue weighted by Gasteiger charge is 2.06. The molecule has 0 spiro atoms. The van der Waals surface area contributed by atoms with Crippen LogP contribution in [0.5, 0.6) is 11.5 Å². The van der Waals surface area contributed by atoms with Crippen molar-refractivity contribution in [2.24, 2.45) is 0 Å². The lowest BCUT2D eigenvalue weighted by Gasteiger charge is -2.12. The molecule has 0 aliphatic rings. The summed E-state index contributed by atoms with van der Waals surface area (Å²) in [4.78, 5) is 21.6. The molecule has 3 N–H and O–H groups in total. The number of hydrogen-bond donors (Lipinski definition) is 3. The number of ether oxygens (including phenoxy) is 1. The Labute approximate surface area is 168 Å². The van der Waals surface area contributed by atoms with Gasteiger partial charge < -0.3 is 19.4 Å². The monoisotopic (exact) mass is 408 g/mol. The van der Waals surface area contributed by atoms with E-state index in [0.29, 0.717) is 0 Å². The first-order valence-electron chi connectivity index (χ1n) is 9.90. The van der Waals surface area contributed by atoms with Crippen molar-refractivity contribution in [1.29, 1.82) is 0 Å². The molecule has 6 heteroatoms. The fraction of sp³-hybridized carbons (Fsp3) is 0.455. The highest BCUT2D eigenvalue weighted by Crippen LogP contribution is 2.28. The Balaban J connectivity index is 0.000000696. The summed E-state index contributed by atoms with van der Waals surface area (Å²) in [7, 11) is -4.64. The molecule has 0 aliphatic carbocycles. The molecule has 28 heavy (non-hydrogen) atoms. The Morgan fingerprint density at radius 1 is 0.857 bits per heavy atom. The van der Waals surface area contributed by atoms with Crippen LogP contribution in [0.15, 0.2) is 48.5 Å². The molecule has 0 atom stereocenters. The van der Waals surface area contributed by atoms with Gasteiger partial charge in [0, 0.05) is 0 Å². The fourth-order valence-electron chi connectivity index (χ4n) is 2.89. The molecule has 0 radical (unpaired) electrons. The van der Waals surface area contributed by atoms with Crippen LogP contribution < -0.4 is 4.74 Å². The van der Waals surface area contributed by atoms with Gasteiger partial charge in [0.2, 0.25) is 0 Å². The average molecular weight is 408 g/mol. The third kappa shape index (κ3) is 12.7. The van der Waals surface area contributed by atoms with Crippen LogP contribution in [-0.4, -0.2) is 14.7 Å². The van der Waals surface area contributed by atoms with E-state index in [0.717, 1.165) is 17.9 Å². The minimum absolute atomic E-state index is 0.914. The predicted molar refractivity (Wildman–Crippen MR) is 114 cm³/mol. The van der Waals surface area contributed by atoms with Crippen molar-refractivity contribution in [1.82, 2.24) is 0 Å². The Hall–Kier alpha value is -1.65. The highest BCUT2D eigenvalue weighted by molar-refractivity contribution is 7.45. The molecule has 5 nitrogen and oxygen atoms in total. The smallest absolute Gasteiger partial charge is 0.457 e. The number of benzene rings is 2. The van der Waals surface area contributed by atoms with E-state index in [1.807, 2.05) is 30.3 Å². The summed E-state index contributed by atoms with van der Waals surface area (Å²) in [6.07, 6.45) is 10.5. The van der Waals surface area contributed by atoms with E-state index >= 15 is 0 Å². The quantitative estimate of drug-likeness (QED) is 0.324. The molecular weight excluding hydrogens is 375 g/mol. The predicted octanol–water partition coefficient (Wildman–Crippen LogP) is 6.15. The number of unbranched alkanes of at least 4 members (excludes halogenated alkanes) is 6. The Morgan fingerprint density at radius 2 is 1.43 bits per heavy atom. The summed E-state index contributed by atoms with van der Waals surface area (Å²) in [6, 6.07) is 16.6. The van der Waals surface area contributed by atoms with Gasteiger partial charge in [-0.2, -0.15) is 0 Å². The van der Waals surface area contributed by atoms with Crippen molar-refractivity contribution in [3.05, 3.63) is 59.7 Å². The van der Waals surface area contributed by atoms with Crippen LogP contribution in [0, 0.1) is 6.92 Å². The van der Waals surface area contributed by atoms with E-state index in [1.165, 1.54) is 56.1 Å². The Kier molecular flexibility index (Phi) is 11.8. The topological polar surface area (TPSA) is 87.0 Å². The third-order valence-electron chi connectivity index (χ3n) is 4.24. The molecule has 156 valence electrons. The Bertz CT molecular complexity index is 704. The highest BCUT2D eigenvalue weighted by atomic mass is 31.2. The minimum atomic E-state index is -4.64. The molecular formula is C22H33O5P. The van der Waals surface area contributed by atoms with Crippen LogP contribution in [0.25, 0.3) is 0 Å². The third-order valence-corrected chi connectivity index (χ3v) is 4.24. The van der Waals surface area contributed by atoms with E-state index < -0.39 is 7.82 Å². The molecule has 2 aromatic carbocycles. The molecule has 0 aliphatic heterocycles. The second-order valence-corrected chi connectivity index (χ2v) is 7.94. The molecule has 2 aromatic rings. The van der Waals surface area contributed by atoms with Crippen molar-refractivity contribution < 1.29 is 24.0 Å². The molecule has 2 rings (SSSR count). The number of hydrogen-bond acceptors (Lipinski definition) is 2. The van der Waals surface area contributed by atoms with Crippen molar-refractivity contribution in [2.45, 2.75) is 65.2 Å². The maximum atomic E-state index is 8.88. The first kappa shape index (κ1) is 24.4. The van der Waals surface area contributed by atoms with Gasteiger partial charge in [0.1, 0.15) is 11.5 Å². The molecule has 0 heterocycles. The zero-order chi connectivity index (χ0) is 20.8. The van der Waals surface area contributed by atoms with E-state index in [9.17, 15) is 0 Å². The van der Waals surface area contributed by atoms with Crippen molar-refractivity contribution in [3.63, 3.8) is 0 Å². The number of para-hydroxylation sites is 1. The van der Waals surface area contributed by atoms with Crippen molar-refractivity contribution >= 4 is 7.82 Å². The lowest BCUT2D eigenvalue weighted by molar-refractivity contribution is 0.275. The first-order chi connectivity index (χ1) is 13.3. The van der Waals surface area contributed by atoms with Gasteiger partial charge in [-0.15, -0.1) is 0 Å². The molecule has 0 saturated carbocycles. The maximum absolute atomic E-state index is 8.88.